The molecule has 14 nitrogen and oxygen atoms in total. The van der Waals surface area contributed by atoms with E-state index in [0.29, 0.717) is 22.9 Å². The van der Waals surface area contributed by atoms with Crippen molar-refractivity contribution in [3.05, 3.63) is 163 Å². The molecule has 1 fully saturated rings. The summed E-state index contributed by atoms with van der Waals surface area (Å²) in [6.45, 7) is 1.67. The molecule has 2 aromatic heterocycles. The fourth-order valence-corrected chi connectivity index (χ4v) is 7.40. The number of aliphatic hydroxyl groups excluding tert-OH is 1. The van der Waals surface area contributed by atoms with Crippen LogP contribution in [0.3, 0.4) is 0 Å². The van der Waals surface area contributed by atoms with Crippen LogP contribution in [0.25, 0.3) is 11.2 Å². The predicted molar refractivity (Wildman–Crippen MR) is 228 cm³/mol. The third-order valence-corrected chi connectivity index (χ3v) is 10.5. The lowest BCUT2D eigenvalue weighted by Gasteiger charge is -2.37. The van der Waals surface area contributed by atoms with E-state index < -0.39 is 30.1 Å². The zero-order chi connectivity index (χ0) is 42.3. The molecule has 0 saturated carbocycles. The van der Waals surface area contributed by atoms with Crippen LogP contribution in [0, 0.1) is 0 Å². The number of amides is 2. The highest BCUT2D eigenvalue weighted by Crippen LogP contribution is 2.43. The van der Waals surface area contributed by atoms with Crippen LogP contribution in [0.2, 0.25) is 0 Å². The SMILES string of the molecule is CCC(=O)Nc1nc(OC(=O)N(c2ccccc2)c2ccccc2)c2ncn(C3C[C@H](O)[C@@H](COC(c4ccccc4)(c4ccc(OC)cc4)c4ccc(OC)cc4)O3)c2n1. The standard InChI is InChI=1S/C47H44N6O8/c1-4-40(55)49-45-50-43-42(44(51-45)61-46(56)53(34-16-10-6-11-17-34)35-18-12-7-13-19-35)48-30-52(43)41-28-38(54)39(60-41)29-59-47(31-14-8-5-9-15-31,32-20-24-36(57-2)25-21-32)33-22-26-37(58-3)27-23-33/h5-27,30,38-39,41,54H,4,28-29H2,1-3H3,(H,49,50,51,55)/t38-,39+,41?/m0/s1. The van der Waals surface area contributed by atoms with Gasteiger partial charge in [-0.15, -0.1) is 0 Å². The van der Waals surface area contributed by atoms with E-state index in [2.05, 4.69) is 20.3 Å². The number of imidazole rings is 1. The molecule has 1 aliphatic rings. The summed E-state index contributed by atoms with van der Waals surface area (Å²) in [6, 6.07) is 43.3. The molecule has 8 rings (SSSR count). The Morgan fingerprint density at radius 2 is 1.33 bits per heavy atom. The van der Waals surface area contributed by atoms with Gasteiger partial charge >= 0.3 is 6.09 Å². The van der Waals surface area contributed by atoms with Crippen molar-refractivity contribution in [1.29, 1.82) is 0 Å². The second-order valence-corrected chi connectivity index (χ2v) is 14.2. The first kappa shape index (κ1) is 40.6. The first-order valence-corrected chi connectivity index (χ1v) is 19.8. The van der Waals surface area contributed by atoms with Crippen LogP contribution in [-0.2, 0) is 19.9 Å². The average molecular weight is 821 g/mol. The van der Waals surface area contributed by atoms with Crippen LogP contribution in [0.15, 0.2) is 146 Å². The third-order valence-electron chi connectivity index (χ3n) is 10.5. The molecule has 2 amide bonds. The number of benzene rings is 5. The number of aromatic nitrogens is 4. The van der Waals surface area contributed by atoms with Gasteiger partial charge in [-0.05, 0) is 65.2 Å². The molecule has 0 bridgehead atoms. The van der Waals surface area contributed by atoms with Crippen LogP contribution in [0.1, 0.15) is 42.7 Å². The normalized spacial score (nSPS) is 16.2. The van der Waals surface area contributed by atoms with Crippen LogP contribution in [0.5, 0.6) is 17.4 Å². The summed E-state index contributed by atoms with van der Waals surface area (Å²) in [4.78, 5) is 41.7. The fraction of sp³-hybridized carbons (Fsp3) is 0.213. The fourth-order valence-electron chi connectivity index (χ4n) is 7.40. The lowest BCUT2D eigenvalue weighted by molar-refractivity contribution is -0.115. The number of hydrogen-bond acceptors (Lipinski definition) is 11. The maximum Gasteiger partial charge on any atom is 0.425 e. The van der Waals surface area contributed by atoms with Crippen LogP contribution < -0.4 is 24.4 Å². The van der Waals surface area contributed by atoms with Gasteiger partial charge in [-0.1, -0.05) is 97.9 Å². The van der Waals surface area contributed by atoms with Gasteiger partial charge < -0.3 is 28.8 Å². The molecule has 3 heterocycles. The summed E-state index contributed by atoms with van der Waals surface area (Å²) in [7, 11) is 3.23. The monoisotopic (exact) mass is 820 g/mol. The largest absolute Gasteiger partial charge is 0.497 e. The number of ether oxygens (including phenoxy) is 5. The summed E-state index contributed by atoms with van der Waals surface area (Å²) >= 11 is 0. The molecular formula is C47H44N6O8. The van der Waals surface area contributed by atoms with E-state index in [-0.39, 0.29) is 48.3 Å². The van der Waals surface area contributed by atoms with Gasteiger partial charge in [0.2, 0.25) is 11.9 Å². The zero-order valence-corrected chi connectivity index (χ0v) is 33.8. The number of aliphatic hydroxyl groups is 1. The van der Waals surface area contributed by atoms with Crippen molar-refractivity contribution < 1.29 is 38.4 Å². The molecule has 2 N–H and O–H groups in total. The molecular weight excluding hydrogens is 777 g/mol. The topological polar surface area (TPSA) is 159 Å². The van der Waals surface area contributed by atoms with Crippen molar-refractivity contribution >= 4 is 40.5 Å². The number of carbonyl (C=O) groups is 2. The molecule has 310 valence electrons. The Hall–Kier alpha value is -7.13. The Balaban J connectivity index is 1.12. The Morgan fingerprint density at radius 1 is 0.787 bits per heavy atom. The van der Waals surface area contributed by atoms with Gasteiger partial charge in [-0.3, -0.25) is 14.7 Å². The molecule has 1 aliphatic heterocycles. The van der Waals surface area contributed by atoms with Crippen LogP contribution >= 0.6 is 0 Å². The third kappa shape index (κ3) is 8.37. The highest BCUT2D eigenvalue weighted by Gasteiger charge is 2.42. The predicted octanol–water partition coefficient (Wildman–Crippen LogP) is 8.19. The van der Waals surface area contributed by atoms with E-state index in [9.17, 15) is 14.7 Å². The summed E-state index contributed by atoms with van der Waals surface area (Å²) in [5, 5.41) is 14.3. The number of fused-ring (bicyclic) bond motifs is 1. The second-order valence-electron chi connectivity index (χ2n) is 14.2. The molecule has 3 atom stereocenters. The number of nitrogens with zero attached hydrogens (tertiary/aromatic N) is 5. The number of para-hydroxylation sites is 2. The molecule has 14 heteroatoms. The molecule has 5 aromatic carbocycles. The van der Waals surface area contributed by atoms with Gasteiger partial charge in [0.1, 0.15) is 29.4 Å². The number of rotatable bonds is 14. The molecule has 1 unspecified atom stereocenters. The van der Waals surface area contributed by atoms with Crippen molar-refractivity contribution in [2.75, 3.05) is 31.0 Å². The number of anilines is 3. The van der Waals surface area contributed by atoms with Crippen molar-refractivity contribution in [2.24, 2.45) is 0 Å². The lowest BCUT2D eigenvalue weighted by atomic mass is 9.80. The quantitative estimate of drug-likeness (QED) is 0.102. The Labute approximate surface area is 352 Å². The summed E-state index contributed by atoms with van der Waals surface area (Å²) in [6.07, 6.45) is -1.52. The van der Waals surface area contributed by atoms with E-state index >= 15 is 0 Å². The van der Waals surface area contributed by atoms with Gasteiger partial charge in [0.15, 0.2) is 11.2 Å². The lowest BCUT2D eigenvalue weighted by Crippen LogP contribution is -2.38. The van der Waals surface area contributed by atoms with E-state index in [1.54, 1.807) is 50.0 Å². The smallest absolute Gasteiger partial charge is 0.425 e. The van der Waals surface area contributed by atoms with E-state index in [1.807, 2.05) is 115 Å². The first-order valence-electron chi connectivity index (χ1n) is 19.8. The number of carbonyl (C=O) groups excluding carboxylic acids is 2. The van der Waals surface area contributed by atoms with Gasteiger partial charge in [0.05, 0.1) is 44.6 Å². The summed E-state index contributed by atoms with van der Waals surface area (Å²) < 4.78 is 32.2. The number of hydrogen-bond donors (Lipinski definition) is 2. The highest BCUT2D eigenvalue weighted by molar-refractivity contribution is 5.98. The molecule has 1 saturated heterocycles. The second kappa shape index (κ2) is 18.0. The maximum atomic E-state index is 14.1. The number of nitrogens with one attached hydrogen (secondary N) is 1. The minimum Gasteiger partial charge on any atom is -0.497 e. The van der Waals surface area contributed by atoms with Gasteiger partial charge in [0, 0.05) is 12.8 Å². The molecule has 7 aromatic rings. The summed E-state index contributed by atoms with van der Waals surface area (Å²) in [5.74, 6) is 0.753. The molecule has 0 radical (unpaired) electrons. The minimum absolute atomic E-state index is 0.0261. The first-order chi connectivity index (χ1) is 29.8. The average Bonchev–Trinajstić information content (AvgIpc) is 3.91. The van der Waals surface area contributed by atoms with Crippen LogP contribution in [0.4, 0.5) is 22.1 Å². The van der Waals surface area contributed by atoms with Gasteiger partial charge in [0.25, 0.3) is 5.88 Å². The Bertz CT molecular complexity index is 2490. The Morgan fingerprint density at radius 3 is 1.87 bits per heavy atom. The molecule has 0 aliphatic carbocycles. The van der Waals surface area contributed by atoms with Gasteiger partial charge in [-0.2, -0.15) is 9.97 Å². The maximum absolute atomic E-state index is 14.1. The molecule has 61 heavy (non-hydrogen) atoms. The van der Waals surface area contributed by atoms with Crippen molar-refractivity contribution in [1.82, 2.24) is 19.5 Å². The number of methoxy groups -OCH3 is 2. The van der Waals surface area contributed by atoms with Crippen LogP contribution in [-0.4, -0.2) is 69.7 Å². The van der Waals surface area contributed by atoms with E-state index in [1.165, 1.54) is 11.2 Å². The van der Waals surface area contributed by atoms with Crippen molar-refractivity contribution in [3.8, 4) is 17.4 Å². The Kier molecular flexibility index (Phi) is 12.0. The van der Waals surface area contributed by atoms with Crippen molar-refractivity contribution in [3.63, 3.8) is 0 Å². The minimum atomic E-state index is -1.14. The van der Waals surface area contributed by atoms with Crippen molar-refractivity contribution in [2.45, 2.75) is 43.8 Å². The van der Waals surface area contributed by atoms with E-state index in [0.717, 1.165) is 16.7 Å². The molecule has 0 spiro atoms. The summed E-state index contributed by atoms with van der Waals surface area (Å²) in [5.41, 5.74) is 2.84. The highest BCUT2D eigenvalue weighted by atomic mass is 16.6. The van der Waals surface area contributed by atoms with Gasteiger partial charge in [-0.25, -0.2) is 14.7 Å². The van der Waals surface area contributed by atoms with E-state index in [4.69, 9.17) is 23.7 Å². The zero-order valence-electron chi connectivity index (χ0n) is 33.8.